The largest absolute Gasteiger partial charge is 0.507 e. The lowest BCUT2D eigenvalue weighted by Gasteiger charge is -2.24. The van der Waals surface area contributed by atoms with Crippen LogP contribution in [-0.2, 0) is 16.0 Å². The van der Waals surface area contributed by atoms with Crippen molar-refractivity contribution < 1.29 is 24.2 Å². The van der Waals surface area contributed by atoms with Gasteiger partial charge >= 0.3 is 0 Å². The van der Waals surface area contributed by atoms with Crippen LogP contribution in [0.4, 0.5) is 0 Å². The van der Waals surface area contributed by atoms with Gasteiger partial charge in [0.2, 0.25) is 0 Å². The number of hydrogen-bond acceptors (Lipinski definition) is 6. The number of aliphatic hydroxyl groups is 1. The predicted octanol–water partition coefficient (Wildman–Crippen LogP) is 5.19. The molecule has 2 aromatic carbocycles. The van der Waals surface area contributed by atoms with Gasteiger partial charge in [0.1, 0.15) is 5.76 Å². The molecule has 33 heavy (non-hydrogen) atoms. The highest BCUT2D eigenvalue weighted by molar-refractivity contribution is 9.10. The number of halogens is 1. The van der Waals surface area contributed by atoms with Crippen molar-refractivity contribution in [3.63, 3.8) is 0 Å². The normalized spacial score (nSPS) is 17.4. The zero-order valence-corrected chi connectivity index (χ0v) is 20.5. The number of carbonyl (C=O) groups excluding carboxylic acids is 2. The monoisotopic (exact) mass is 527 g/mol. The van der Waals surface area contributed by atoms with E-state index in [-0.39, 0.29) is 11.3 Å². The van der Waals surface area contributed by atoms with Gasteiger partial charge in [0, 0.05) is 21.5 Å². The van der Waals surface area contributed by atoms with Crippen LogP contribution < -0.4 is 9.47 Å². The molecular weight excluding hydrogens is 506 g/mol. The molecule has 8 heteroatoms. The molecule has 3 aromatic rings. The standard InChI is InChI=1S/C25H22BrNO5S/c1-31-18-10-5-15(14-19(18)32-2)11-12-27-22(20-4-3-13-33-20)21(24(29)25(27)30)23(28)16-6-8-17(26)9-7-16/h3-10,13-14,22,28H,11-12H2,1-2H3. The van der Waals surface area contributed by atoms with Gasteiger partial charge in [0.05, 0.1) is 25.8 Å². The van der Waals surface area contributed by atoms with Crippen LogP contribution in [0, 0.1) is 0 Å². The number of ether oxygens (including phenoxy) is 2. The number of methoxy groups -OCH3 is 2. The van der Waals surface area contributed by atoms with E-state index in [1.54, 1.807) is 38.5 Å². The van der Waals surface area contributed by atoms with Crippen molar-refractivity contribution in [2.45, 2.75) is 12.5 Å². The Morgan fingerprint density at radius 2 is 1.79 bits per heavy atom. The number of ketones is 1. The second kappa shape index (κ2) is 9.80. The number of Topliss-reactive ketones (excluding diaryl/α,β-unsaturated/α-hetero) is 1. The molecule has 0 aliphatic carbocycles. The zero-order valence-electron chi connectivity index (χ0n) is 18.1. The smallest absolute Gasteiger partial charge is 0.295 e. The summed E-state index contributed by atoms with van der Waals surface area (Å²) >= 11 is 4.82. The van der Waals surface area contributed by atoms with Crippen LogP contribution in [0.25, 0.3) is 5.76 Å². The highest BCUT2D eigenvalue weighted by Gasteiger charge is 2.46. The summed E-state index contributed by atoms with van der Waals surface area (Å²) in [4.78, 5) is 28.4. The molecule has 0 spiro atoms. The minimum absolute atomic E-state index is 0.108. The van der Waals surface area contributed by atoms with E-state index in [2.05, 4.69) is 15.9 Å². The predicted molar refractivity (Wildman–Crippen MR) is 131 cm³/mol. The second-order valence-electron chi connectivity index (χ2n) is 7.45. The summed E-state index contributed by atoms with van der Waals surface area (Å²) in [6.45, 7) is 0.305. The van der Waals surface area contributed by atoms with Gasteiger partial charge in [-0.15, -0.1) is 11.3 Å². The van der Waals surface area contributed by atoms with Gasteiger partial charge in [-0.1, -0.05) is 40.2 Å². The average Bonchev–Trinajstić information content (AvgIpc) is 3.44. The van der Waals surface area contributed by atoms with Gasteiger partial charge in [-0.05, 0) is 47.7 Å². The van der Waals surface area contributed by atoms with Crippen molar-refractivity contribution in [3.05, 3.63) is 86.0 Å². The minimum atomic E-state index is -0.680. The van der Waals surface area contributed by atoms with Crippen LogP contribution in [-0.4, -0.2) is 42.5 Å². The third-order valence-electron chi connectivity index (χ3n) is 5.56. The number of benzene rings is 2. The van der Waals surface area contributed by atoms with Crippen molar-refractivity contribution in [2.24, 2.45) is 0 Å². The SMILES string of the molecule is COc1ccc(CCN2C(=O)C(=O)C(=C(O)c3ccc(Br)cc3)C2c2cccs2)cc1OC. The molecule has 1 atom stereocenters. The Bertz CT molecular complexity index is 1200. The summed E-state index contributed by atoms with van der Waals surface area (Å²) in [5, 5.41) is 12.9. The molecule has 1 N–H and O–H groups in total. The number of hydrogen-bond donors (Lipinski definition) is 1. The Morgan fingerprint density at radius 3 is 2.42 bits per heavy atom. The first-order valence-electron chi connectivity index (χ1n) is 10.2. The van der Waals surface area contributed by atoms with Crippen molar-refractivity contribution in [3.8, 4) is 11.5 Å². The Kier molecular flexibility index (Phi) is 6.85. The fourth-order valence-corrected chi connectivity index (χ4v) is 5.01. The Balaban J connectivity index is 1.69. The van der Waals surface area contributed by atoms with Crippen molar-refractivity contribution >= 4 is 44.7 Å². The van der Waals surface area contributed by atoms with Crippen LogP contribution in [0.5, 0.6) is 11.5 Å². The molecule has 0 radical (unpaired) electrons. The number of aliphatic hydroxyl groups excluding tert-OH is 1. The van der Waals surface area contributed by atoms with Crippen molar-refractivity contribution in [1.82, 2.24) is 4.90 Å². The van der Waals surface area contributed by atoms with Gasteiger partial charge in [0.15, 0.2) is 11.5 Å². The molecular formula is C25H22BrNO5S. The zero-order chi connectivity index (χ0) is 23.5. The number of nitrogens with zero attached hydrogens (tertiary/aromatic N) is 1. The fourth-order valence-electron chi connectivity index (χ4n) is 3.90. The molecule has 1 aliphatic rings. The van der Waals surface area contributed by atoms with Crippen LogP contribution >= 0.6 is 27.3 Å². The van der Waals surface area contributed by atoms with Crippen LogP contribution in [0.1, 0.15) is 22.0 Å². The van der Waals surface area contributed by atoms with Gasteiger partial charge in [-0.3, -0.25) is 9.59 Å². The lowest BCUT2D eigenvalue weighted by atomic mass is 10.00. The fraction of sp³-hybridized carbons (Fsp3) is 0.200. The first-order chi connectivity index (χ1) is 15.9. The Hall–Kier alpha value is -3.10. The van der Waals surface area contributed by atoms with E-state index in [0.717, 1.165) is 14.9 Å². The lowest BCUT2D eigenvalue weighted by Crippen LogP contribution is -2.31. The molecule has 4 rings (SSSR count). The Morgan fingerprint density at radius 1 is 1.06 bits per heavy atom. The number of rotatable bonds is 7. The molecule has 1 aromatic heterocycles. The molecule has 2 heterocycles. The molecule has 0 bridgehead atoms. The maximum Gasteiger partial charge on any atom is 0.295 e. The van der Waals surface area contributed by atoms with Crippen molar-refractivity contribution in [1.29, 1.82) is 0 Å². The van der Waals surface area contributed by atoms with Crippen LogP contribution in [0.3, 0.4) is 0 Å². The third kappa shape index (κ3) is 4.54. The lowest BCUT2D eigenvalue weighted by molar-refractivity contribution is -0.139. The molecule has 1 unspecified atom stereocenters. The summed E-state index contributed by atoms with van der Waals surface area (Å²) < 4.78 is 11.5. The van der Waals surface area contributed by atoms with E-state index in [0.29, 0.717) is 30.0 Å². The molecule has 170 valence electrons. The molecule has 1 saturated heterocycles. The highest BCUT2D eigenvalue weighted by Crippen LogP contribution is 2.41. The summed E-state index contributed by atoms with van der Waals surface area (Å²) in [6, 6.07) is 15.7. The summed E-state index contributed by atoms with van der Waals surface area (Å²) in [5.74, 6) is -0.251. The topological polar surface area (TPSA) is 76.1 Å². The number of likely N-dealkylation sites (tertiary alicyclic amines) is 1. The summed E-state index contributed by atoms with van der Waals surface area (Å²) in [5.41, 5.74) is 1.53. The van der Waals surface area contributed by atoms with Crippen molar-refractivity contribution in [2.75, 3.05) is 20.8 Å². The summed E-state index contributed by atoms with van der Waals surface area (Å²) in [7, 11) is 3.14. The number of thiophene rings is 1. The second-order valence-corrected chi connectivity index (χ2v) is 9.35. The maximum atomic E-state index is 13.0. The van der Waals surface area contributed by atoms with Crippen LogP contribution in [0.2, 0.25) is 0 Å². The molecule has 0 saturated carbocycles. The minimum Gasteiger partial charge on any atom is -0.507 e. The van der Waals surface area contributed by atoms with E-state index >= 15 is 0 Å². The number of amides is 1. The van der Waals surface area contributed by atoms with E-state index < -0.39 is 17.7 Å². The average molecular weight is 528 g/mol. The maximum absolute atomic E-state index is 13.0. The third-order valence-corrected chi connectivity index (χ3v) is 7.01. The molecule has 1 amide bonds. The highest BCUT2D eigenvalue weighted by atomic mass is 79.9. The summed E-state index contributed by atoms with van der Waals surface area (Å²) in [6.07, 6.45) is 0.508. The van der Waals surface area contributed by atoms with Gasteiger partial charge in [-0.25, -0.2) is 0 Å². The van der Waals surface area contributed by atoms with E-state index in [1.807, 2.05) is 35.7 Å². The van der Waals surface area contributed by atoms with E-state index in [9.17, 15) is 14.7 Å². The molecule has 1 fully saturated rings. The quantitative estimate of drug-likeness (QED) is 0.260. The molecule has 6 nitrogen and oxygen atoms in total. The number of carbonyl (C=O) groups is 2. The van der Waals surface area contributed by atoms with Crippen LogP contribution in [0.15, 0.2) is 70.0 Å². The van der Waals surface area contributed by atoms with Gasteiger partial charge < -0.3 is 19.5 Å². The first kappa shape index (κ1) is 23.1. The Labute approximate surface area is 204 Å². The van der Waals surface area contributed by atoms with Gasteiger partial charge in [-0.2, -0.15) is 0 Å². The van der Waals surface area contributed by atoms with E-state index in [1.165, 1.54) is 16.2 Å². The van der Waals surface area contributed by atoms with Gasteiger partial charge in [0.25, 0.3) is 11.7 Å². The van der Waals surface area contributed by atoms with E-state index in [4.69, 9.17) is 9.47 Å². The molecule has 1 aliphatic heterocycles. The first-order valence-corrected chi connectivity index (χ1v) is 11.9.